The zero-order valence-corrected chi connectivity index (χ0v) is 18.3. The van der Waals surface area contributed by atoms with Gasteiger partial charge in [0.05, 0.1) is 17.3 Å². The molecule has 2 N–H and O–H groups in total. The molecule has 166 valence electrons. The Bertz CT molecular complexity index is 1050. The summed E-state index contributed by atoms with van der Waals surface area (Å²) >= 11 is 0. The van der Waals surface area contributed by atoms with Crippen LogP contribution in [0.1, 0.15) is 36.1 Å². The van der Waals surface area contributed by atoms with Gasteiger partial charge in [-0.1, -0.05) is 60.2 Å². The lowest BCUT2D eigenvalue weighted by molar-refractivity contribution is -0.136. The topological polar surface area (TPSA) is 87.7 Å². The Hall–Kier alpha value is -3.61. The maximum absolute atomic E-state index is 12.9. The van der Waals surface area contributed by atoms with Gasteiger partial charge in [0.15, 0.2) is 0 Å². The molecule has 0 aliphatic carbocycles. The third-order valence-electron chi connectivity index (χ3n) is 5.83. The van der Waals surface area contributed by atoms with Gasteiger partial charge in [0.25, 0.3) is 0 Å². The maximum atomic E-state index is 12.9. The number of carbonyl (C=O) groups is 3. The lowest BCUT2D eigenvalue weighted by atomic mass is 9.95. The molecule has 0 saturated heterocycles. The molecule has 7 nitrogen and oxygen atoms in total. The van der Waals surface area contributed by atoms with Gasteiger partial charge in [-0.15, -0.1) is 0 Å². The summed E-state index contributed by atoms with van der Waals surface area (Å²) in [6.07, 6.45) is 1.63. The minimum absolute atomic E-state index is 0.0131. The number of rotatable bonds is 7. The van der Waals surface area contributed by atoms with Gasteiger partial charge < -0.3 is 15.4 Å². The first-order valence-electron chi connectivity index (χ1n) is 10.8. The second kappa shape index (κ2) is 9.26. The first-order valence-corrected chi connectivity index (χ1v) is 10.8. The molecule has 7 heteroatoms. The van der Waals surface area contributed by atoms with Crippen molar-refractivity contribution >= 4 is 17.9 Å². The third-order valence-corrected chi connectivity index (χ3v) is 5.83. The molecule has 2 atom stereocenters. The Kier molecular flexibility index (Phi) is 6.25. The van der Waals surface area contributed by atoms with Crippen molar-refractivity contribution in [3.63, 3.8) is 0 Å². The number of hydrogen-bond acceptors (Lipinski definition) is 4. The molecule has 0 spiro atoms. The zero-order valence-electron chi connectivity index (χ0n) is 18.3. The van der Waals surface area contributed by atoms with Gasteiger partial charge in [0.2, 0.25) is 5.91 Å². The maximum Gasteiger partial charge on any atom is 0.338 e. The fourth-order valence-corrected chi connectivity index (χ4v) is 4.05. The van der Waals surface area contributed by atoms with Gasteiger partial charge in [-0.05, 0) is 37.8 Å². The predicted octanol–water partition coefficient (Wildman–Crippen LogP) is 3.01. The minimum Gasteiger partial charge on any atom is -0.456 e. The number of amides is 3. The van der Waals surface area contributed by atoms with Gasteiger partial charge in [0.1, 0.15) is 13.2 Å². The molecule has 0 bridgehead atoms. The average Bonchev–Trinajstić information content (AvgIpc) is 3.17. The van der Waals surface area contributed by atoms with Gasteiger partial charge >= 0.3 is 12.0 Å². The minimum atomic E-state index is -0.586. The highest BCUT2D eigenvalue weighted by Crippen LogP contribution is 2.34. The summed E-state index contributed by atoms with van der Waals surface area (Å²) in [5.74, 6) is -0.743. The van der Waals surface area contributed by atoms with E-state index in [0.29, 0.717) is 11.3 Å². The van der Waals surface area contributed by atoms with Gasteiger partial charge in [-0.2, -0.15) is 0 Å². The fourth-order valence-electron chi connectivity index (χ4n) is 4.05. The first kappa shape index (κ1) is 21.6. The van der Waals surface area contributed by atoms with Crippen LogP contribution < -0.4 is 10.6 Å². The highest BCUT2D eigenvalue weighted by atomic mass is 16.5. The van der Waals surface area contributed by atoms with E-state index in [0.717, 1.165) is 24.0 Å². The number of nitrogens with one attached hydrogen (secondary N) is 2. The lowest BCUT2D eigenvalue weighted by Crippen LogP contribution is -2.51. The van der Waals surface area contributed by atoms with E-state index in [2.05, 4.69) is 22.8 Å². The molecule has 0 aromatic heterocycles. The van der Waals surface area contributed by atoms with Crippen molar-refractivity contribution in [1.82, 2.24) is 15.5 Å². The predicted molar refractivity (Wildman–Crippen MR) is 120 cm³/mol. The highest BCUT2D eigenvalue weighted by Gasteiger charge is 2.42. The summed E-state index contributed by atoms with van der Waals surface area (Å²) in [6.45, 7) is 3.73. The quantitative estimate of drug-likeness (QED) is 0.657. The van der Waals surface area contributed by atoms with Crippen LogP contribution in [0, 0.1) is 6.92 Å². The number of nitrogens with zero attached hydrogens (tertiary/aromatic N) is 1. The summed E-state index contributed by atoms with van der Waals surface area (Å²) in [5.41, 5.74) is 3.94. The van der Waals surface area contributed by atoms with E-state index in [-0.39, 0.29) is 25.1 Å². The lowest BCUT2D eigenvalue weighted by Gasteiger charge is -2.32. The smallest absolute Gasteiger partial charge is 0.338 e. The van der Waals surface area contributed by atoms with Crippen molar-refractivity contribution in [1.29, 1.82) is 0 Å². The van der Waals surface area contributed by atoms with Crippen LogP contribution in [-0.4, -0.2) is 42.0 Å². The van der Waals surface area contributed by atoms with E-state index in [1.807, 2.05) is 56.3 Å². The van der Waals surface area contributed by atoms with Crippen molar-refractivity contribution in [2.24, 2.45) is 0 Å². The van der Waals surface area contributed by atoms with Crippen molar-refractivity contribution in [2.75, 3.05) is 13.2 Å². The van der Waals surface area contributed by atoms with Crippen molar-refractivity contribution in [3.05, 3.63) is 82.6 Å². The second-order valence-corrected chi connectivity index (χ2v) is 8.31. The van der Waals surface area contributed by atoms with Gasteiger partial charge in [-0.25, -0.2) is 9.59 Å². The molecule has 0 radical (unpaired) electrons. The Morgan fingerprint density at radius 2 is 1.88 bits per heavy atom. The van der Waals surface area contributed by atoms with Gasteiger partial charge in [-0.3, -0.25) is 9.69 Å². The van der Waals surface area contributed by atoms with E-state index in [9.17, 15) is 14.4 Å². The van der Waals surface area contributed by atoms with Crippen LogP contribution in [0.5, 0.6) is 0 Å². The molecule has 4 rings (SSSR count). The number of urea groups is 1. The number of esters is 1. The highest BCUT2D eigenvalue weighted by molar-refractivity contribution is 5.98. The summed E-state index contributed by atoms with van der Waals surface area (Å²) in [7, 11) is 0. The molecule has 0 fully saturated rings. The fraction of sp³-hybridized carbons (Fsp3) is 0.320. The number of carbonyl (C=O) groups excluding carboxylic acids is 3. The molecular weight excluding hydrogens is 406 g/mol. The van der Waals surface area contributed by atoms with Crippen LogP contribution in [0.15, 0.2) is 65.9 Å². The Morgan fingerprint density at radius 1 is 1.16 bits per heavy atom. The van der Waals surface area contributed by atoms with Crippen LogP contribution >= 0.6 is 0 Å². The van der Waals surface area contributed by atoms with E-state index in [1.54, 1.807) is 0 Å². The number of ether oxygens (including phenoxy) is 1. The van der Waals surface area contributed by atoms with Crippen LogP contribution in [0.4, 0.5) is 4.79 Å². The molecule has 2 aromatic rings. The molecule has 3 amide bonds. The molecular formula is C25H27N3O4. The molecule has 32 heavy (non-hydrogen) atoms. The van der Waals surface area contributed by atoms with Crippen LogP contribution in [0.3, 0.4) is 0 Å². The van der Waals surface area contributed by atoms with Crippen LogP contribution in [0.2, 0.25) is 0 Å². The summed E-state index contributed by atoms with van der Waals surface area (Å²) in [6, 6.07) is 16.6. The summed E-state index contributed by atoms with van der Waals surface area (Å²) < 4.78 is 5.23. The Morgan fingerprint density at radius 3 is 2.59 bits per heavy atom. The SMILES string of the molecule is Cc1ccc([C@@H]2NC(=O)N(CC(=O)N[C@@H](C)CCc3ccccc3)C3=C2C(=O)OC3)cc1. The number of cyclic esters (lactones) is 1. The number of hydrogen-bond donors (Lipinski definition) is 2. The first-order chi connectivity index (χ1) is 15.4. The van der Waals surface area contributed by atoms with E-state index < -0.39 is 18.0 Å². The average molecular weight is 434 g/mol. The monoisotopic (exact) mass is 433 g/mol. The number of benzene rings is 2. The van der Waals surface area contributed by atoms with Crippen molar-refractivity contribution in [2.45, 2.75) is 38.8 Å². The Labute approximate surface area is 187 Å². The van der Waals surface area contributed by atoms with Crippen LogP contribution in [-0.2, 0) is 20.7 Å². The number of aryl methyl sites for hydroxylation is 2. The summed E-state index contributed by atoms with van der Waals surface area (Å²) in [5, 5.41) is 5.81. The third kappa shape index (κ3) is 4.66. The molecule has 0 unspecified atom stereocenters. The largest absolute Gasteiger partial charge is 0.456 e. The van der Waals surface area contributed by atoms with E-state index in [1.165, 1.54) is 10.5 Å². The summed E-state index contributed by atoms with van der Waals surface area (Å²) in [4.78, 5) is 39.3. The van der Waals surface area contributed by atoms with Crippen molar-refractivity contribution < 1.29 is 19.1 Å². The normalized spacial score (nSPS) is 18.7. The Balaban J connectivity index is 1.43. The van der Waals surface area contributed by atoms with Crippen molar-refractivity contribution in [3.8, 4) is 0 Å². The van der Waals surface area contributed by atoms with Gasteiger partial charge in [0, 0.05) is 6.04 Å². The molecule has 2 aliphatic heterocycles. The molecule has 0 saturated carbocycles. The van der Waals surface area contributed by atoms with Crippen LogP contribution in [0.25, 0.3) is 0 Å². The standard InChI is InChI=1S/C25H27N3O4/c1-16-8-12-19(13-9-16)23-22-20(15-32-24(22)30)28(25(31)27-23)14-21(29)26-17(2)10-11-18-6-4-3-5-7-18/h3-9,12-13,17,23H,10-11,14-15H2,1-2H3,(H,26,29)(H,27,31)/t17-,23-/m0/s1. The molecule has 2 heterocycles. The second-order valence-electron chi connectivity index (χ2n) is 8.31. The molecule has 2 aromatic carbocycles. The van der Waals surface area contributed by atoms with E-state index in [4.69, 9.17) is 4.74 Å². The molecule has 2 aliphatic rings. The zero-order chi connectivity index (χ0) is 22.7. The van der Waals surface area contributed by atoms with E-state index >= 15 is 0 Å².